The first-order chi connectivity index (χ1) is 15.8. The van der Waals surface area contributed by atoms with Crippen LogP contribution in [0.5, 0.6) is 0 Å². The molecule has 166 valence electrons. The molecule has 0 spiro atoms. The predicted octanol–water partition coefficient (Wildman–Crippen LogP) is 3.15. The Hall–Kier alpha value is -3.19. The molecule has 0 aliphatic carbocycles. The minimum Gasteiger partial charge on any atom is -0.354 e. The fourth-order valence-electron chi connectivity index (χ4n) is 4.82. The second-order valence-electron chi connectivity index (χ2n) is 8.77. The van der Waals surface area contributed by atoms with Crippen LogP contribution >= 0.6 is 0 Å². The van der Waals surface area contributed by atoms with Gasteiger partial charge in [-0.1, -0.05) is 36.4 Å². The smallest absolute Gasteiger partial charge is 0.271 e. The van der Waals surface area contributed by atoms with Gasteiger partial charge >= 0.3 is 0 Å². The minimum absolute atomic E-state index is 0.0596. The van der Waals surface area contributed by atoms with E-state index in [0.717, 1.165) is 69.3 Å². The van der Waals surface area contributed by atoms with E-state index in [9.17, 15) is 4.79 Å². The average Bonchev–Trinajstić information content (AvgIpc) is 3.36. The summed E-state index contributed by atoms with van der Waals surface area (Å²) in [6, 6.07) is 17.9. The number of rotatable bonds is 5. The van der Waals surface area contributed by atoms with Crippen molar-refractivity contribution < 1.29 is 4.79 Å². The maximum absolute atomic E-state index is 13.1. The van der Waals surface area contributed by atoms with E-state index in [-0.39, 0.29) is 5.91 Å². The number of nitrogens with zero attached hydrogens (tertiary/aromatic N) is 5. The number of likely N-dealkylation sites (tertiary alicyclic amines) is 1. The minimum atomic E-state index is 0.0596. The first-order valence-corrected chi connectivity index (χ1v) is 11.5. The molecule has 4 heterocycles. The summed E-state index contributed by atoms with van der Waals surface area (Å²) in [4.78, 5) is 24.5. The number of pyridine rings is 1. The third kappa shape index (κ3) is 4.67. The fourth-order valence-corrected chi connectivity index (χ4v) is 4.82. The van der Waals surface area contributed by atoms with Crippen molar-refractivity contribution in [3.05, 3.63) is 66.5 Å². The molecule has 7 nitrogen and oxygen atoms in total. The second kappa shape index (κ2) is 9.53. The number of piperazine rings is 1. The lowest BCUT2D eigenvalue weighted by Crippen LogP contribution is -2.50. The van der Waals surface area contributed by atoms with Crippen LogP contribution in [-0.4, -0.2) is 76.7 Å². The third-order valence-corrected chi connectivity index (χ3v) is 6.55. The van der Waals surface area contributed by atoms with Crippen LogP contribution in [0, 0.1) is 5.92 Å². The molecule has 3 aromatic rings. The number of piperidine rings is 1. The van der Waals surface area contributed by atoms with Crippen molar-refractivity contribution in [3.8, 4) is 11.3 Å². The molecule has 2 saturated heterocycles. The zero-order chi connectivity index (χ0) is 21.8. The quantitative estimate of drug-likeness (QED) is 0.674. The Morgan fingerprint density at radius 2 is 1.81 bits per heavy atom. The highest BCUT2D eigenvalue weighted by Gasteiger charge is 2.28. The van der Waals surface area contributed by atoms with Crippen LogP contribution < -0.4 is 4.90 Å². The van der Waals surface area contributed by atoms with E-state index < -0.39 is 0 Å². The molecule has 5 rings (SSSR count). The highest BCUT2D eigenvalue weighted by atomic mass is 16.2. The highest BCUT2D eigenvalue weighted by molar-refractivity contribution is 5.93. The maximum Gasteiger partial charge on any atom is 0.271 e. The van der Waals surface area contributed by atoms with Gasteiger partial charge in [-0.15, -0.1) is 0 Å². The van der Waals surface area contributed by atoms with Crippen LogP contribution in [0.2, 0.25) is 0 Å². The van der Waals surface area contributed by atoms with Gasteiger partial charge in [0.1, 0.15) is 11.5 Å². The Morgan fingerprint density at radius 3 is 2.59 bits per heavy atom. The SMILES string of the molecule is O=C(c1cc(-c2ccccc2)n[nH]1)N1CCCC(CN2CCN(c3ccccn3)CC2)C1. The van der Waals surface area contributed by atoms with Crippen molar-refractivity contribution in [2.24, 2.45) is 5.92 Å². The summed E-state index contributed by atoms with van der Waals surface area (Å²) >= 11 is 0. The van der Waals surface area contributed by atoms with E-state index in [4.69, 9.17) is 0 Å². The third-order valence-electron chi connectivity index (χ3n) is 6.55. The molecule has 1 amide bonds. The highest BCUT2D eigenvalue weighted by Crippen LogP contribution is 2.22. The Morgan fingerprint density at radius 1 is 1.00 bits per heavy atom. The molecule has 1 unspecified atom stereocenters. The first kappa shape index (κ1) is 20.7. The summed E-state index contributed by atoms with van der Waals surface area (Å²) in [5, 5.41) is 7.31. The van der Waals surface area contributed by atoms with Crippen molar-refractivity contribution >= 4 is 11.7 Å². The monoisotopic (exact) mass is 430 g/mol. The number of carbonyl (C=O) groups is 1. The van der Waals surface area contributed by atoms with Gasteiger partial charge in [0.05, 0.1) is 5.69 Å². The predicted molar refractivity (Wildman–Crippen MR) is 126 cm³/mol. The molecule has 1 aromatic carbocycles. The molecule has 32 heavy (non-hydrogen) atoms. The van der Waals surface area contributed by atoms with Crippen LogP contribution in [0.3, 0.4) is 0 Å². The van der Waals surface area contributed by atoms with Crippen LogP contribution in [0.15, 0.2) is 60.8 Å². The molecule has 7 heteroatoms. The van der Waals surface area contributed by atoms with E-state index in [0.29, 0.717) is 11.6 Å². The average molecular weight is 431 g/mol. The molecular weight excluding hydrogens is 400 g/mol. The summed E-state index contributed by atoms with van der Waals surface area (Å²) in [6.45, 7) is 6.79. The van der Waals surface area contributed by atoms with E-state index in [2.05, 4.69) is 31.0 Å². The second-order valence-corrected chi connectivity index (χ2v) is 8.77. The van der Waals surface area contributed by atoms with Crippen LogP contribution in [-0.2, 0) is 0 Å². The van der Waals surface area contributed by atoms with Gasteiger partial charge < -0.3 is 9.80 Å². The zero-order valence-electron chi connectivity index (χ0n) is 18.4. The number of amides is 1. The largest absolute Gasteiger partial charge is 0.354 e. The number of H-pyrrole nitrogens is 1. The lowest BCUT2D eigenvalue weighted by atomic mass is 9.96. The van der Waals surface area contributed by atoms with Crippen molar-refractivity contribution in [1.82, 2.24) is 25.0 Å². The molecular formula is C25H30N6O. The van der Waals surface area contributed by atoms with Gasteiger partial charge in [0, 0.05) is 57.6 Å². The van der Waals surface area contributed by atoms with Crippen molar-refractivity contribution in [3.63, 3.8) is 0 Å². The number of anilines is 1. The Bertz CT molecular complexity index is 1010. The standard InChI is InChI=1S/C25H30N6O/c32-25(23-17-22(27-28-23)21-8-2-1-3-9-21)31-12-6-7-20(19-31)18-29-13-15-30(16-14-29)24-10-4-5-11-26-24/h1-5,8-11,17,20H,6-7,12-16,18-19H2,(H,27,28). The van der Waals surface area contributed by atoms with E-state index in [1.54, 1.807) is 0 Å². The molecule has 1 atom stereocenters. The molecule has 0 saturated carbocycles. The molecule has 2 fully saturated rings. The summed E-state index contributed by atoms with van der Waals surface area (Å²) in [5.74, 6) is 1.64. The summed E-state index contributed by atoms with van der Waals surface area (Å²) in [5.41, 5.74) is 2.41. The van der Waals surface area contributed by atoms with E-state index >= 15 is 0 Å². The Balaban J connectivity index is 1.15. The van der Waals surface area contributed by atoms with E-state index in [1.165, 1.54) is 6.42 Å². The van der Waals surface area contributed by atoms with Gasteiger partial charge in [-0.2, -0.15) is 5.10 Å². The molecule has 1 N–H and O–H groups in total. The number of hydrogen-bond acceptors (Lipinski definition) is 5. The number of aromatic nitrogens is 3. The van der Waals surface area contributed by atoms with Gasteiger partial charge in [-0.05, 0) is 37.0 Å². The number of benzene rings is 1. The van der Waals surface area contributed by atoms with Gasteiger partial charge in [-0.3, -0.25) is 14.8 Å². The summed E-state index contributed by atoms with van der Waals surface area (Å²) in [6.07, 6.45) is 4.10. The van der Waals surface area contributed by atoms with Gasteiger partial charge in [0.15, 0.2) is 0 Å². The molecule has 0 radical (unpaired) electrons. The number of aromatic amines is 1. The van der Waals surface area contributed by atoms with Gasteiger partial charge in [-0.25, -0.2) is 4.98 Å². The van der Waals surface area contributed by atoms with Crippen LogP contribution in [0.1, 0.15) is 23.3 Å². The molecule has 0 bridgehead atoms. The normalized spacial score (nSPS) is 19.8. The number of nitrogens with one attached hydrogen (secondary N) is 1. The van der Waals surface area contributed by atoms with Crippen LogP contribution in [0.25, 0.3) is 11.3 Å². The fraction of sp³-hybridized carbons (Fsp3) is 0.400. The number of hydrogen-bond donors (Lipinski definition) is 1. The van der Waals surface area contributed by atoms with Gasteiger partial charge in [0.25, 0.3) is 5.91 Å². The lowest BCUT2D eigenvalue weighted by molar-refractivity contribution is 0.0631. The molecule has 2 aliphatic heterocycles. The number of carbonyl (C=O) groups excluding carboxylic acids is 1. The maximum atomic E-state index is 13.1. The van der Waals surface area contributed by atoms with Gasteiger partial charge in [0.2, 0.25) is 0 Å². The Labute approximate surface area is 189 Å². The topological polar surface area (TPSA) is 68.4 Å². The lowest BCUT2D eigenvalue weighted by Gasteiger charge is -2.39. The summed E-state index contributed by atoms with van der Waals surface area (Å²) in [7, 11) is 0. The summed E-state index contributed by atoms with van der Waals surface area (Å²) < 4.78 is 0. The van der Waals surface area contributed by atoms with E-state index in [1.807, 2.05) is 59.6 Å². The van der Waals surface area contributed by atoms with Crippen molar-refractivity contribution in [2.75, 3.05) is 50.7 Å². The van der Waals surface area contributed by atoms with Crippen LogP contribution in [0.4, 0.5) is 5.82 Å². The van der Waals surface area contributed by atoms with Crippen molar-refractivity contribution in [1.29, 1.82) is 0 Å². The first-order valence-electron chi connectivity index (χ1n) is 11.5. The van der Waals surface area contributed by atoms with Crippen molar-refractivity contribution in [2.45, 2.75) is 12.8 Å². The molecule has 2 aromatic heterocycles. The zero-order valence-corrected chi connectivity index (χ0v) is 18.4. The Kier molecular flexibility index (Phi) is 6.16. The molecule has 2 aliphatic rings.